The van der Waals surface area contributed by atoms with Gasteiger partial charge >= 0.3 is 0 Å². The summed E-state index contributed by atoms with van der Waals surface area (Å²) in [4.78, 5) is 6.60. The Morgan fingerprint density at radius 3 is 2.86 bits per heavy atom. The monoisotopic (exact) mass is 516 g/mol. The minimum absolute atomic E-state index is 0. The van der Waals surface area contributed by atoms with Crippen molar-refractivity contribution in [3.05, 3.63) is 53.1 Å². The maximum absolute atomic E-state index is 10.0. The molecule has 0 aliphatic carbocycles. The lowest BCUT2D eigenvalue weighted by atomic mass is 10.2. The zero-order chi connectivity index (χ0) is 19.2. The van der Waals surface area contributed by atoms with Crippen molar-refractivity contribution in [3.63, 3.8) is 0 Å². The second kappa shape index (κ2) is 10.6. The number of halogens is 2. The number of hydrogen-bond acceptors (Lipinski definition) is 4. The predicted molar refractivity (Wildman–Crippen MR) is 125 cm³/mol. The highest BCUT2D eigenvalue weighted by atomic mass is 127. The summed E-state index contributed by atoms with van der Waals surface area (Å²) in [5, 5.41) is 17.5. The SMILES string of the molecule is CN=C(NCc1cc(OC)ccc1O)NC1CCN(c2cccc(Cl)c2)C1.I. The Labute approximate surface area is 188 Å². The van der Waals surface area contributed by atoms with Gasteiger partial charge in [-0.15, -0.1) is 24.0 Å². The molecule has 1 atom stereocenters. The average molecular weight is 517 g/mol. The summed E-state index contributed by atoms with van der Waals surface area (Å²) in [6.45, 7) is 2.30. The first-order valence-corrected chi connectivity index (χ1v) is 9.30. The summed E-state index contributed by atoms with van der Waals surface area (Å²) >= 11 is 6.10. The first-order chi connectivity index (χ1) is 13.1. The molecule has 0 bridgehead atoms. The number of rotatable bonds is 5. The van der Waals surface area contributed by atoms with Crippen LogP contribution in [0.4, 0.5) is 5.69 Å². The van der Waals surface area contributed by atoms with E-state index in [1.807, 2.05) is 24.3 Å². The molecule has 3 rings (SSSR count). The van der Waals surface area contributed by atoms with Crippen LogP contribution in [0.2, 0.25) is 5.02 Å². The summed E-state index contributed by atoms with van der Waals surface area (Å²) in [7, 11) is 3.35. The van der Waals surface area contributed by atoms with Gasteiger partial charge in [-0.05, 0) is 42.8 Å². The van der Waals surface area contributed by atoms with Crippen LogP contribution in [0.5, 0.6) is 11.5 Å². The van der Waals surface area contributed by atoms with Crippen molar-refractivity contribution in [1.82, 2.24) is 10.6 Å². The number of aliphatic imine (C=N–C) groups is 1. The van der Waals surface area contributed by atoms with Crippen LogP contribution in [-0.4, -0.2) is 44.4 Å². The van der Waals surface area contributed by atoms with Gasteiger partial charge in [0.05, 0.1) is 7.11 Å². The molecule has 1 saturated heterocycles. The van der Waals surface area contributed by atoms with Gasteiger partial charge in [0.1, 0.15) is 11.5 Å². The van der Waals surface area contributed by atoms with Gasteiger partial charge in [0.15, 0.2) is 5.96 Å². The molecule has 8 heteroatoms. The van der Waals surface area contributed by atoms with Gasteiger partial charge in [-0.3, -0.25) is 4.99 Å². The second-order valence-corrected chi connectivity index (χ2v) is 6.91. The topological polar surface area (TPSA) is 69.1 Å². The van der Waals surface area contributed by atoms with Crippen LogP contribution in [0.1, 0.15) is 12.0 Å². The summed E-state index contributed by atoms with van der Waals surface area (Å²) < 4.78 is 5.21. The molecule has 2 aromatic rings. The number of methoxy groups -OCH3 is 1. The molecule has 1 unspecified atom stereocenters. The summed E-state index contributed by atoms with van der Waals surface area (Å²) in [6, 6.07) is 13.4. The Morgan fingerprint density at radius 2 is 2.14 bits per heavy atom. The van der Waals surface area contributed by atoms with Crippen LogP contribution in [-0.2, 0) is 6.54 Å². The third kappa shape index (κ3) is 5.81. The largest absolute Gasteiger partial charge is 0.508 e. The van der Waals surface area contributed by atoms with Gasteiger partial charge in [0.2, 0.25) is 0 Å². The van der Waals surface area contributed by atoms with E-state index in [1.165, 1.54) is 0 Å². The molecule has 1 aliphatic heterocycles. The predicted octanol–water partition coefficient (Wildman–Crippen LogP) is 3.62. The second-order valence-electron chi connectivity index (χ2n) is 6.48. The van der Waals surface area contributed by atoms with Gasteiger partial charge in [-0.2, -0.15) is 0 Å². The Morgan fingerprint density at radius 1 is 1.32 bits per heavy atom. The number of hydrogen-bond donors (Lipinski definition) is 3. The fourth-order valence-electron chi connectivity index (χ4n) is 3.18. The van der Waals surface area contributed by atoms with Crippen molar-refractivity contribution in [2.24, 2.45) is 4.99 Å². The maximum atomic E-state index is 10.0. The number of anilines is 1. The first kappa shape index (κ1) is 22.4. The van der Waals surface area contributed by atoms with E-state index in [2.05, 4.69) is 26.6 Å². The van der Waals surface area contributed by atoms with Crippen molar-refractivity contribution in [2.75, 3.05) is 32.1 Å². The van der Waals surface area contributed by atoms with Crippen molar-refractivity contribution >= 4 is 47.2 Å². The molecule has 2 aromatic carbocycles. The standard InChI is InChI=1S/C20H25ClN4O2.HI/c1-22-20(23-12-14-10-18(27-2)6-7-19(14)26)24-16-8-9-25(13-16)17-5-3-4-15(21)11-17;/h3-7,10-11,16,26H,8-9,12-13H2,1-2H3,(H2,22,23,24);1H. The number of aromatic hydroxyl groups is 1. The normalized spacial score (nSPS) is 16.5. The van der Waals surface area contributed by atoms with Crippen LogP contribution in [0, 0.1) is 0 Å². The smallest absolute Gasteiger partial charge is 0.191 e. The Kier molecular flexibility index (Phi) is 8.50. The number of phenols is 1. The number of nitrogens with one attached hydrogen (secondary N) is 2. The van der Waals surface area contributed by atoms with Gasteiger partial charge in [-0.25, -0.2) is 0 Å². The molecule has 1 aliphatic rings. The highest BCUT2D eigenvalue weighted by Gasteiger charge is 2.23. The molecule has 1 fully saturated rings. The Bertz CT molecular complexity index is 819. The van der Waals surface area contributed by atoms with Crippen LogP contribution in [0.3, 0.4) is 0 Å². The van der Waals surface area contributed by atoms with Gasteiger partial charge < -0.3 is 25.4 Å². The third-order valence-electron chi connectivity index (χ3n) is 4.66. The lowest BCUT2D eigenvalue weighted by molar-refractivity contribution is 0.410. The molecule has 1 heterocycles. The summed E-state index contributed by atoms with van der Waals surface area (Å²) in [6.07, 6.45) is 1.01. The van der Waals surface area contributed by atoms with Crippen molar-refractivity contribution in [2.45, 2.75) is 19.0 Å². The molecule has 0 radical (unpaired) electrons. The highest BCUT2D eigenvalue weighted by molar-refractivity contribution is 14.0. The van der Waals surface area contributed by atoms with E-state index in [0.29, 0.717) is 18.3 Å². The summed E-state index contributed by atoms with van der Waals surface area (Å²) in [5.41, 5.74) is 1.89. The lowest BCUT2D eigenvalue weighted by Crippen LogP contribution is -2.44. The molecule has 152 valence electrons. The quantitative estimate of drug-likeness (QED) is 0.322. The van der Waals surface area contributed by atoms with Crippen LogP contribution < -0.4 is 20.3 Å². The van der Waals surface area contributed by atoms with E-state index in [1.54, 1.807) is 26.3 Å². The zero-order valence-corrected chi connectivity index (χ0v) is 19.1. The van der Waals surface area contributed by atoms with Gasteiger partial charge in [0, 0.05) is 49.0 Å². The van der Waals surface area contributed by atoms with Gasteiger partial charge in [0.25, 0.3) is 0 Å². The first-order valence-electron chi connectivity index (χ1n) is 8.92. The van der Waals surface area contributed by atoms with E-state index in [0.717, 1.165) is 35.8 Å². The Balaban J connectivity index is 0.00000280. The van der Waals surface area contributed by atoms with Crippen LogP contribution in [0.15, 0.2) is 47.5 Å². The number of nitrogens with zero attached hydrogens (tertiary/aromatic N) is 2. The minimum atomic E-state index is 0. The molecular formula is C20H26ClIN4O2. The fourth-order valence-corrected chi connectivity index (χ4v) is 3.37. The molecular weight excluding hydrogens is 491 g/mol. The van der Waals surface area contributed by atoms with Crippen molar-refractivity contribution in [3.8, 4) is 11.5 Å². The molecule has 28 heavy (non-hydrogen) atoms. The number of ether oxygens (including phenoxy) is 1. The highest BCUT2D eigenvalue weighted by Crippen LogP contribution is 2.24. The summed E-state index contributed by atoms with van der Waals surface area (Å²) in [5.74, 6) is 1.64. The van der Waals surface area contributed by atoms with E-state index in [9.17, 15) is 5.11 Å². The van der Waals surface area contributed by atoms with E-state index < -0.39 is 0 Å². The number of benzene rings is 2. The average Bonchev–Trinajstić information content (AvgIpc) is 3.15. The fraction of sp³-hybridized carbons (Fsp3) is 0.350. The molecule has 0 amide bonds. The third-order valence-corrected chi connectivity index (χ3v) is 4.89. The number of guanidine groups is 1. The zero-order valence-electron chi connectivity index (χ0n) is 16.0. The van der Waals surface area contributed by atoms with Crippen molar-refractivity contribution in [1.29, 1.82) is 0 Å². The minimum Gasteiger partial charge on any atom is -0.508 e. The maximum Gasteiger partial charge on any atom is 0.191 e. The molecule has 0 saturated carbocycles. The number of phenolic OH excluding ortho intramolecular Hbond substituents is 1. The molecule has 6 nitrogen and oxygen atoms in total. The van der Waals surface area contributed by atoms with E-state index >= 15 is 0 Å². The van der Waals surface area contributed by atoms with E-state index in [4.69, 9.17) is 16.3 Å². The van der Waals surface area contributed by atoms with Crippen LogP contribution in [0.25, 0.3) is 0 Å². The van der Waals surface area contributed by atoms with E-state index in [-0.39, 0.29) is 35.8 Å². The Hall–Kier alpha value is -1.87. The van der Waals surface area contributed by atoms with Crippen LogP contribution >= 0.6 is 35.6 Å². The molecule has 0 spiro atoms. The molecule has 0 aromatic heterocycles. The lowest BCUT2D eigenvalue weighted by Gasteiger charge is -2.20. The van der Waals surface area contributed by atoms with Crippen molar-refractivity contribution < 1.29 is 9.84 Å². The molecule has 3 N–H and O–H groups in total. The van der Waals surface area contributed by atoms with Gasteiger partial charge in [-0.1, -0.05) is 17.7 Å².